The molecule has 1 amide bonds. The third kappa shape index (κ3) is 3.96. The average molecular weight is 428 g/mol. The first kappa shape index (κ1) is 19.5. The molecule has 0 unspecified atom stereocenters. The third-order valence-electron chi connectivity index (χ3n) is 5.62. The van der Waals surface area contributed by atoms with E-state index in [1.807, 2.05) is 29.2 Å². The van der Waals surface area contributed by atoms with E-state index >= 15 is 0 Å². The number of hydrogen-bond acceptors (Lipinski definition) is 5. The van der Waals surface area contributed by atoms with Gasteiger partial charge in [0, 0.05) is 23.5 Å². The van der Waals surface area contributed by atoms with Gasteiger partial charge in [-0.2, -0.15) is 0 Å². The van der Waals surface area contributed by atoms with Gasteiger partial charge in [0.05, 0.1) is 5.69 Å². The van der Waals surface area contributed by atoms with Crippen molar-refractivity contribution in [1.82, 2.24) is 25.1 Å². The van der Waals surface area contributed by atoms with Crippen LogP contribution in [0.2, 0.25) is 0 Å². The zero-order chi connectivity index (χ0) is 21.2. The Labute approximate surface area is 184 Å². The summed E-state index contributed by atoms with van der Waals surface area (Å²) in [5.74, 6) is 0.0198. The second-order valence-electron chi connectivity index (χ2n) is 7.50. The molecule has 1 aromatic heterocycles. The normalized spacial score (nSPS) is 13.1. The summed E-state index contributed by atoms with van der Waals surface area (Å²) < 4.78 is 1.59. The van der Waals surface area contributed by atoms with Crippen molar-refractivity contribution in [3.63, 3.8) is 0 Å². The fourth-order valence-electron chi connectivity index (χ4n) is 3.95. The molecule has 1 aliphatic rings. The van der Waals surface area contributed by atoms with Crippen LogP contribution in [0, 0.1) is 0 Å². The van der Waals surface area contributed by atoms with E-state index in [0.717, 1.165) is 23.2 Å². The fourth-order valence-corrected chi connectivity index (χ4v) is 4.36. The maximum Gasteiger partial charge on any atom is 0.254 e. The smallest absolute Gasteiger partial charge is 0.254 e. The Hall–Kier alpha value is -3.45. The summed E-state index contributed by atoms with van der Waals surface area (Å²) in [5.41, 5.74) is 5.94. The molecule has 0 bridgehead atoms. The van der Waals surface area contributed by atoms with Crippen molar-refractivity contribution < 1.29 is 4.79 Å². The molecule has 0 spiro atoms. The molecule has 3 aromatic carbocycles. The molecule has 31 heavy (non-hydrogen) atoms. The summed E-state index contributed by atoms with van der Waals surface area (Å²) >= 11 is 1.70. The minimum Gasteiger partial charge on any atom is -0.334 e. The predicted octanol–water partition coefficient (Wildman–Crippen LogP) is 4.25. The van der Waals surface area contributed by atoms with Crippen LogP contribution in [0.4, 0.5) is 0 Å². The van der Waals surface area contributed by atoms with E-state index < -0.39 is 0 Å². The van der Waals surface area contributed by atoms with E-state index in [1.165, 1.54) is 16.0 Å². The molecular weight excluding hydrogens is 406 g/mol. The summed E-state index contributed by atoms with van der Waals surface area (Å²) in [4.78, 5) is 16.6. The second kappa shape index (κ2) is 8.35. The van der Waals surface area contributed by atoms with Crippen molar-refractivity contribution in [2.45, 2.75) is 17.9 Å². The van der Waals surface area contributed by atoms with Crippen molar-refractivity contribution in [3.05, 3.63) is 89.7 Å². The lowest BCUT2D eigenvalue weighted by atomic mass is 9.98. The van der Waals surface area contributed by atoms with Crippen LogP contribution in [-0.4, -0.2) is 43.8 Å². The molecule has 154 valence electrons. The Morgan fingerprint density at radius 3 is 2.52 bits per heavy atom. The molecule has 0 N–H and O–H groups in total. The number of hydrogen-bond donors (Lipinski definition) is 0. The summed E-state index contributed by atoms with van der Waals surface area (Å²) in [7, 11) is 0. The van der Waals surface area contributed by atoms with E-state index in [4.69, 9.17) is 0 Å². The fraction of sp³-hybridized carbons (Fsp3) is 0.167. The highest BCUT2D eigenvalue weighted by molar-refractivity contribution is 7.98. The largest absolute Gasteiger partial charge is 0.334 e. The van der Waals surface area contributed by atoms with Crippen molar-refractivity contribution in [2.75, 3.05) is 12.8 Å². The number of rotatable bonds is 4. The van der Waals surface area contributed by atoms with Gasteiger partial charge in [0.15, 0.2) is 0 Å². The number of aromatic nitrogens is 4. The zero-order valence-electron chi connectivity index (χ0n) is 17.1. The summed E-state index contributed by atoms with van der Waals surface area (Å²) in [6.07, 6.45) is 4.47. The predicted molar refractivity (Wildman–Crippen MR) is 121 cm³/mol. The van der Waals surface area contributed by atoms with Crippen LogP contribution < -0.4 is 0 Å². The molecule has 7 heteroatoms. The maximum absolute atomic E-state index is 13.5. The summed E-state index contributed by atoms with van der Waals surface area (Å²) in [6.45, 7) is 1.34. The Kier molecular flexibility index (Phi) is 5.26. The van der Waals surface area contributed by atoms with Crippen LogP contribution >= 0.6 is 11.8 Å². The van der Waals surface area contributed by atoms with Crippen LogP contribution in [0.3, 0.4) is 0 Å². The molecule has 0 saturated carbocycles. The van der Waals surface area contributed by atoms with Gasteiger partial charge in [-0.3, -0.25) is 4.79 Å². The minimum absolute atomic E-state index is 0.0198. The van der Waals surface area contributed by atoms with Gasteiger partial charge in [0.25, 0.3) is 5.91 Å². The zero-order valence-corrected chi connectivity index (χ0v) is 17.9. The van der Waals surface area contributed by atoms with Gasteiger partial charge in [-0.15, -0.1) is 16.9 Å². The van der Waals surface area contributed by atoms with Crippen LogP contribution in [0.15, 0.2) is 78.0 Å². The third-order valence-corrected chi connectivity index (χ3v) is 6.36. The number of carbonyl (C=O) groups excluding carboxylic acids is 1. The van der Waals surface area contributed by atoms with Crippen molar-refractivity contribution in [1.29, 1.82) is 0 Å². The maximum atomic E-state index is 13.5. The first-order valence-electron chi connectivity index (χ1n) is 10.1. The lowest BCUT2D eigenvalue weighted by Crippen LogP contribution is -2.36. The number of fused-ring (bicyclic) bond motifs is 1. The van der Waals surface area contributed by atoms with Gasteiger partial charge < -0.3 is 4.90 Å². The molecule has 0 radical (unpaired) electrons. The molecular formula is C24H21N5OS. The van der Waals surface area contributed by atoms with E-state index in [2.05, 4.69) is 64.2 Å². The SMILES string of the molecule is CSc1ccc(-c2cc(C(=O)N3CCc4ccccc4C3)cc(-n3cnnn3)c2)cc1. The quantitative estimate of drug-likeness (QED) is 0.456. The molecule has 2 heterocycles. The van der Waals surface area contributed by atoms with E-state index in [1.54, 1.807) is 22.8 Å². The molecule has 0 saturated heterocycles. The molecule has 1 aliphatic heterocycles. The number of benzene rings is 3. The van der Waals surface area contributed by atoms with E-state index in [9.17, 15) is 4.79 Å². The van der Waals surface area contributed by atoms with Gasteiger partial charge in [-0.1, -0.05) is 36.4 Å². The lowest BCUT2D eigenvalue weighted by molar-refractivity contribution is 0.0734. The Morgan fingerprint density at radius 1 is 0.968 bits per heavy atom. The van der Waals surface area contributed by atoms with Gasteiger partial charge in [0.2, 0.25) is 0 Å². The Bertz CT molecular complexity index is 1220. The van der Waals surface area contributed by atoms with E-state index in [0.29, 0.717) is 18.7 Å². The number of thioether (sulfide) groups is 1. The molecule has 0 fully saturated rings. The van der Waals surface area contributed by atoms with Crippen molar-refractivity contribution in [3.8, 4) is 16.8 Å². The van der Waals surface area contributed by atoms with Crippen LogP contribution in [0.5, 0.6) is 0 Å². The van der Waals surface area contributed by atoms with Crippen molar-refractivity contribution >= 4 is 17.7 Å². The number of nitrogens with zero attached hydrogens (tertiary/aromatic N) is 5. The molecule has 0 aliphatic carbocycles. The van der Waals surface area contributed by atoms with Crippen LogP contribution in [0.1, 0.15) is 21.5 Å². The average Bonchev–Trinajstić information content (AvgIpc) is 3.38. The van der Waals surface area contributed by atoms with Gasteiger partial charge in [-0.25, -0.2) is 4.68 Å². The van der Waals surface area contributed by atoms with Gasteiger partial charge in [-0.05, 0) is 75.7 Å². The highest BCUT2D eigenvalue weighted by atomic mass is 32.2. The van der Waals surface area contributed by atoms with Crippen LogP contribution in [0.25, 0.3) is 16.8 Å². The lowest BCUT2D eigenvalue weighted by Gasteiger charge is -2.29. The van der Waals surface area contributed by atoms with Crippen molar-refractivity contribution in [2.24, 2.45) is 0 Å². The van der Waals surface area contributed by atoms with E-state index in [-0.39, 0.29) is 5.91 Å². The number of amides is 1. The second-order valence-corrected chi connectivity index (χ2v) is 8.38. The Balaban J connectivity index is 1.53. The molecule has 5 rings (SSSR count). The highest BCUT2D eigenvalue weighted by Gasteiger charge is 2.22. The first-order valence-corrected chi connectivity index (χ1v) is 11.3. The monoisotopic (exact) mass is 427 g/mol. The van der Waals surface area contributed by atoms with Crippen LogP contribution in [-0.2, 0) is 13.0 Å². The summed E-state index contributed by atoms with van der Waals surface area (Å²) in [5, 5.41) is 11.5. The number of carbonyl (C=O) groups is 1. The topological polar surface area (TPSA) is 63.9 Å². The van der Waals surface area contributed by atoms with Gasteiger partial charge in [0.1, 0.15) is 6.33 Å². The number of tetrazole rings is 1. The summed E-state index contributed by atoms with van der Waals surface area (Å²) in [6, 6.07) is 22.5. The molecule has 6 nitrogen and oxygen atoms in total. The van der Waals surface area contributed by atoms with Gasteiger partial charge >= 0.3 is 0 Å². The standard InChI is InChI=1S/C24H21N5OS/c1-31-23-8-6-18(7-9-23)20-12-21(14-22(13-20)29-16-25-26-27-29)24(30)28-11-10-17-4-2-3-5-19(17)15-28/h2-9,12-14,16H,10-11,15H2,1H3. The Morgan fingerprint density at radius 2 is 1.77 bits per heavy atom. The highest BCUT2D eigenvalue weighted by Crippen LogP contribution is 2.28. The molecule has 0 atom stereocenters. The first-order chi connectivity index (χ1) is 15.2. The minimum atomic E-state index is 0.0198. The molecule has 4 aromatic rings.